The van der Waals surface area contributed by atoms with Gasteiger partial charge in [-0.05, 0) is 42.3 Å². The zero-order valence-electron chi connectivity index (χ0n) is 21.1. The van der Waals surface area contributed by atoms with Gasteiger partial charge in [0.1, 0.15) is 40.7 Å². The molecule has 196 valence electrons. The highest BCUT2D eigenvalue weighted by Crippen LogP contribution is 2.34. The van der Waals surface area contributed by atoms with Crippen LogP contribution in [0.1, 0.15) is 42.4 Å². The van der Waals surface area contributed by atoms with Crippen LogP contribution in [0.4, 0.5) is 0 Å². The lowest BCUT2D eigenvalue weighted by Gasteiger charge is -2.24. The van der Waals surface area contributed by atoms with Gasteiger partial charge in [-0.25, -0.2) is 4.79 Å². The summed E-state index contributed by atoms with van der Waals surface area (Å²) in [5, 5.41) is 0. The van der Waals surface area contributed by atoms with E-state index in [0.717, 1.165) is 28.2 Å². The van der Waals surface area contributed by atoms with Gasteiger partial charge in [0.15, 0.2) is 0 Å². The predicted octanol–water partition coefficient (Wildman–Crippen LogP) is 4.26. The quantitative estimate of drug-likeness (QED) is 0.326. The van der Waals surface area contributed by atoms with Crippen LogP contribution < -0.4 is 15.2 Å². The maximum atomic E-state index is 12.6. The normalized spacial score (nSPS) is 19.1. The van der Waals surface area contributed by atoms with Gasteiger partial charge in [0.05, 0.1) is 20.8 Å². The summed E-state index contributed by atoms with van der Waals surface area (Å²) in [4.78, 5) is 27.0. The molecule has 1 aliphatic heterocycles. The van der Waals surface area contributed by atoms with Gasteiger partial charge >= 0.3 is 11.7 Å². The number of ether oxygens (including phenoxy) is 5. The van der Waals surface area contributed by atoms with E-state index in [2.05, 4.69) is 4.98 Å². The van der Waals surface area contributed by atoms with E-state index in [1.165, 1.54) is 11.5 Å². The van der Waals surface area contributed by atoms with E-state index >= 15 is 0 Å². The van der Waals surface area contributed by atoms with E-state index in [1.807, 2.05) is 55.5 Å². The Hall–Kier alpha value is -3.47. The summed E-state index contributed by atoms with van der Waals surface area (Å²) in [5.41, 5.74) is 2.16. The van der Waals surface area contributed by atoms with Crippen LogP contribution in [0.5, 0.6) is 11.5 Å². The monoisotopic (exact) mass is 526 g/mol. The van der Waals surface area contributed by atoms with Crippen LogP contribution in [-0.4, -0.2) is 48.6 Å². The number of nitrogens with zero attached hydrogens (tertiary/aromatic N) is 1. The van der Waals surface area contributed by atoms with Gasteiger partial charge < -0.3 is 23.7 Å². The van der Waals surface area contributed by atoms with E-state index in [-0.39, 0.29) is 6.61 Å². The Balaban J connectivity index is 1.59. The second kappa shape index (κ2) is 11.7. The maximum Gasteiger partial charge on any atom is 0.328 e. The number of aromatic nitrogens is 2. The molecule has 37 heavy (non-hydrogen) atoms. The van der Waals surface area contributed by atoms with E-state index < -0.39 is 36.2 Å². The molecule has 0 bridgehead atoms. The summed E-state index contributed by atoms with van der Waals surface area (Å²) in [5.74, 6) is 1.03. The second-order valence-corrected chi connectivity index (χ2v) is 9.16. The molecule has 0 aliphatic carbocycles. The number of carbonyl (C=O) groups is 1. The van der Waals surface area contributed by atoms with Crippen LogP contribution in [0, 0.1) is 11.6 Å². The molecule has 4 rings (SSSR count). The number of rotatable bonds is 9. The van der Waals surface area contributed by atoms with Crippen molar-refractivity contribution in [3.8, 4) is 11.5 Å². The Bertz CT molecular complexity index is 1290. The predicted molar refractivity (Wildman–Crippen MR) is 138 cm³/mol. The number of esters is 1. The lowest BCUT2D eigenvalue weighted by Crippen LogP contribution is -2.31. The van der Waals surface area contributed by atoms with Crippen molar-refractivity contribution in [2.75, 3.05) is 20.8 Å². The highest BCUT2D eigenvalue weighted by atomic mass is 32.1. The molecule has 0 amide bonds. The second-order valence-electron chi connectivity index (χ2n) is 8.75. The Morgan fingerprint density at radius 1 is 1.08 bits per heavy atom. The van der Waals surface area contributed by atoms with Gasteiger partial charge in [0.2, 0.25) is 0 Å². The summed E-state index contributed by atoms with van der Waals surface area (Å²) < 4.78 is 30.6. The van der Waals surface area contributed by atoms with Gasteiger partial charge in [-0.2, -0.15) is 0 Å². The first kappa shape index (κ1) is 26.6. The summed E-state index contributed by atoms with van der Waals surface area (Å²) >= 11 is 5.16. The minimum absolute atomic E-state index is 0.119. The highest BCUT2D eigenvalue weighted by Gasteiger charge is 2.39. The smallest absolute Gasteiger partial charge is 0.328 e. The van der Waals surface area contributed by atoms with Gasteiger partial charge in [0.25, 0.3) is 0 Å². The Morgan fingerprint density at radius 2 is 1.65 bits per heavy atom. The molecule has 0 saturated carbocycles. The number of aryl methyl sites for hydroxylation is 1. The summed E-state index contributed by atoms with van der Waals surface area (Å²) in [7, 11) is 3.23. The van der Waals surface area contributed by atoms with E-state index in [9.17, 15) is 9.59 Å². The zero-order valence-corrected chi connectivity index (χ0v) is 21.9. The third-order valence-corrected chi connectivity index (χ3v) is 6.64. The summed E-state index contributed by atoms with van der Waals surface area (Å²) in [6, 6.07) is 15.2. The first-order valence-corrected chi connectivity index (χ1v) is 12.2. The fraction of sp³-hybridized carbons (Fsp3) is 0.370. The van der Waals surface area contributed by atoms with Crippen molar-refractivity contribution in [3.05, 3.63) is 86.5 Å². The molecule has 0 spiro atoms. The van der Waals surface area contributed by atoms with E-state index in [1.54, 1.807) is 20.4 Å². The van der Waals surface area contributed by atoms with Crippen molar-refractivity contribution in [1.29, 1.82) is 0 Å². The molecule has 10 heteroatoms. The molecule has 0 unspecified atom stereocenters. The molecule has 1 aromatic heterocycles. The van der Waals surface area contributed by atoms with Gasteiger partial charge in [-0.3, -0.25) is 14.3 Å². The molecule has 3 aromatic rings. The molecule has 1 N–H and O–H groups in total. The largest absolute Gasteiger partial charge is 0.497 e. The topological polar surface area (TPSA) is 101 Å². The molecular weight excluding hydrogens is 496 g/mol. The van der Waals surface area contributed by atoms with Crippen molar-refractivity contribution in [1.82, 2.24) is 9.55 Å². The van der Waals surface area contributed by atoms with Crippen molar-refractivity contribution in [2.45, 2.75) is 44.8 Å². The van der Waals surface area contributed by atoms with Gasteiger partial charge in [-0.1, -0.05) is 36.5 Å². The number of H-pyrrole nitrogens is 1. The average molecular weight is 527 g/mol. The molecule has 9 nitrogen and oxygen atoms in total. The van der Waals surface area contributed by atoms with Crippen molar-refractivity contribution in [3.63, 3.8) is 0 Å². The SMILES string of the molecule is COc1ccc(C(OC[C@H]2O[C@@H](n3cc(C)c(=S)[nH]c3=O)C[C@@H]2OC(C)=O)c2ccc(OC)cc2)cc1. The van der Waals surface area contributed by atoms with Crippen LogP contribution in [0.3, 0.4) is 0 Å². The summed E-state index contributed by atoms with van der Waals surface area (Å²) in [6.07, 6.45) is -0.315. The fourth-order valence-electron chi connectivity index (χ4n) is 4.29. The average Bonchev–Trinajstić information content (AvgIpc) is 3.28. The molecular formula is C27H30N2O7S. The maximum absolute atomic E-state index is 12.6. The van der Waals surface area contributed by atoms with Gasteiger partial charge in [0, 0.05) is 25.1 Å². The number of benzene rings is 2. The Morgan fingerprint density at radius 3 is 2.16 bits per heavy atom. The molecule has 1 saturated heterocycles. The number of methoxy groups -OCH3 is 2. The van der Waals surface area contributed by atoms with E-state index in [4.69, 9.17) is 35.9 Å². The number of hydrogen-bond acceptors (Lipinski definition) is 8. The molecule has 0 radical (unpaired) electrons. The molecule has 2 heterocycles. The molecule has 1 aliphatic rings. The Kier molecular flexibility index (Phi) is 8.42. The lowest BCUT2D eigenvalue weighted by molar-refractivity contribution is -0.151. The van der Waals surface area contributed by atoms with E-state index in [0.29, 0.717) is 11.1 Å². The van der Waals surface area contributed by atoms with Crippen molar-refractivity contribution in [2.24, 2.45) is 0 Å². The minimum Gasteiger partial charge on any atom is -0.497 e. The lowest BCUT2D eigenvalue weighted by atomic mass is 10.0. The van der Waals surface area contributed by atoms with Crippen LogP contribution in [-0.2, 0) is 19.0 Å². The summed E-state index contributed by atoms with van der Waals surface area (Å²) in [6.45, 7) is 3.27. The highest BCUT2D eigenvalue weighted by molar-refractivity contribution is 7.71. The first-order chi connectivity index (χ1) is 17.8. The number of hydrogen-bond donors (Lipinski definition) is 1. The van der Waals surface area contributed by atoms with Crippen molar-refractivity contribution >= 4 is 18.2 Å². The molecule has 3 atom stereocenters. The number of carbonyl (C=O) groups excluding carboxylic acids is 1. The third-order valence-electron chi connectivity index (χ3n) is 6.22. The van der Waals surface area contributed by atoms with Crippen LogP contribution >= 0.6 is 12.2 Å². The van der Waals surface area contributed by atoms with Gasteiger partial charge in [-0.15, -0.1) is 0 Å². The van der Waals surface area contributed by atoms with Crippen LogP contribution in [0.2, 0.25) is 0 Å². The standard InChI is InChI=1S/C27H30N2O7S/c1-16-14-29(27(31)28-26(16)37)24-13-22(35-17(2)30)23(36-24)15-34-25(18-5-9-20(32-3)10-6-18)19-7-11-21(33-4)12-8-19/h5-12,14,22-25H,13,15H2,1-4H3,(H,28,31,37)/t22-,23+,24+/m0/s1. The Labute approximate surface area is 219 Å². The van der Waals surface area contributed by atoms with Crippen LogP contribution in [0.25, 0.3) is 0 Å². The molecule has 1 fully saturated rings. The third kappa shape index (κ3) is 6.27. The molecule has 2 aromatic carbocycles. The number of nitrogens with one attached hydrogen (secondary N) is 1. The zero-order chi connectivity index (χ0) is 26.5. The first-order valence-electron chi connectivity index (χ1n) is 11.8. The fourth-order valence-corrected chi connectivity index (χ4v) is 4.43. The van der Waals surface area contributed by atoms with Crippen molar-refractivity contribution < 1.29 is 28.5 Å². The minimum atomic E-state index is -0.642. The van der Waals surface area contributed by atoms with Crippen LogP contribution in [0.15, 0.2) is 59.5 Å². The number of aromatic amines is 1.